The lowest BCUT2D eigenvalue weighted by Crippen LogP contribution is -2.45. The van der Waals surface area contributed by atoms with Crippen molar-refractivity contribution < 1.29 is 19.4 Å². The minimum Gasteiger partial charge on any atom is -0.488 e. The van der Waals surface area contributed by atoms with Gasteiger partial charge < -0.3 is 19.4 Å². The van der Waals surface area contributed by atoms with E-state index < -0.39 is 12.5 Å². The fourth-order valence-electron chi connectivity index (χ4n) is 3.38. The van der Waals surface area contributed by atoms with Crippen molar-refractivity contribution in [3.8, 4) is 5.75 Å². The van der Waals surface area contributed by atoms with Crippen LogP contribution in [0.2, 0.25) is 0 Å². The number of rotatable bonds is 4. The van der Waals surface area contributed by atoms with Gasteiger partial charge in [-0.25, -0.2) is 9.69 Å². The zero-order valence-electron chi connectivity index (χ0n) is 14.4. The number of nitrogens with zero attached hydrogens (tertiary/aromatic N) is 1. The first-order chi connectivity index (χ1) is 11.3. The number of ether oxygens (including phenoxy) is 1. The van der Waals surface area contributed by atoms with Crippen LogP contribution < -0.4 is 10.4 Å². The van der Waals surface area contributed by atoms with Crippen molar-refractivity contribution in [1.29, 1.82) is 0 Å². The minimum absolute atomic E-state index is 0.174. The third kappa shape index (κ3) is 2.92. The second-order valence-corrected chi connectivity index (χ2v) is 6.52. The van der Waals surface area contributed by atoms with Gasteiger partial charge in [-0.2, -0.15) is 0 Å². The van der Waals surface area contributed by atoms with Crippen molar-refractivity contribution in [2.45, 2.75) is 52.7 Å². The van der Waals surface area contributed by atoms with Crippen molar-refractivity contribution in [3.63, 3.8) is 0 Å². The summed E-state index contributed by atoms with van der Waals surface area (Å²) >= 11 is 0. The highest BCUT2D eigenvalue weighted by molar-refractivity contribution is 5.86. The van der Waals surface area contributed by atoms with Crippen LogP contribution in [0.3, 0.4) is 0 Å². The maximum atomic E-state index is 11.6. The molecule has 0 bridgehead atoms. The van der Waals surface area contributed by atoms with Gasteiger partial charge >= 0.3 is 5.63 Å². The number of aryl methyl sites for hydroxylation is 2. The maximum Gasteiger partial charge on any atom is 0.336 e. The molecule has 130 valence electrons. The Bertz CT molecular complexity index is 816. The summed E-state index contributed by atoms with van der Waals surface area (Å²) in [5, 5.41) is 20.5. The van der Waals surface area contributed by atoms with Crippen LogP contribution in [0.15, 0.2) is 21.3 Å². The minimum atomic E-state index is -0.766. The molecule has 0 radical (unpaired) electrons. The molecule has 3 unspecified atom stereocenters. The molecule has 1 aromatic heterocycles. The van der Waals surface area contributed by atoms with Gasteiger partial charge in [-0.1, -0.05) is 0 Å². The molecule has 3 rings (SSSR count). The molecule has 0 saturated carbocycles. The summed E-state index contributed by atoms with van der Waals surface area (Å²) in [5.41, 5.74) is 2.93. The maximum absolute atomic E-state index is 11.6. The van der Waals surface area contributed by atoms with Crippen LogP contribution in [-0.2, 0) is 6.42 Å². The van der Waals surface area contributed by atoms with E-state index in [0.29, 0.717) is 18.5 Å². The molecule has 0 fully saturated rings. The highest BCUT2D eigenvalue weighted by atomic mass is 16.5. The Morgan fingerprint density at radius 1 is 1.25 bits per heavy atom. The molecule has 2 heterocycles. The molecule has 1 aromatic carbocycles. The zero-order valence-corrected chi connectivity index (χ0v) is 14.4. The van der Waals surface area contributed by atoms with E-state index in [1.807, 2.05) is 19.9 Å². The lowest BCUT2D eigenvalue weighted by Gasteiger charge is -2.30. The van der Waals surface area contributed by atoms with E-state index in [4.69, 9.17) is 9.15 Å². The normalized spacial score (nSPS) is 19.4. The quantitative estimate of drug-likeness (QED) is 0.654. The largest absolute Gasteiger partial charge is 0.488 e. The molecule has 1 aliphatic heterocycles. The van der Waals surface area contributed by atoms with Gasteiger partial charge in [0.15, 0.2) is 0 Å². The van der Waals surface area contributed by atoms with Crippen LogP contribution >= 0.6 is 0 Å². The van der Waals surface area contributed by atoms with Gasteiger partial charge in [0.25, 0.3) is 0 Å². The number of aliphatic hydroxyl groups is 2. The zero-order chi connectivity index (χ0) is 17.6. The van der Waals surface area contributed by atoms with Crippen molar-refractivity contribution in [1.82, 2.24) is 4.90 Å². The lowest BCUT2D eigenvalue weighted by molar-refractivity contribution is -0.0960. The van der Waals surface area contributed by atoms with E-state index in [0.717, 1.165) is 27.8 Å². The molecule has 6 nitrogen and oxygen atoms in total. The fraction of sp³-hybridized carbons (Fsp3) is 0.500. The van der Waals surface area contributed by atoms with Crippen molar-refractivity contribution in [3.05, 3.63) is 39.2 Å². The Kier molecular flexibility index (Phi) is 4.38. The van der Waals surface area contributed by atoms with Crippen molar-refractivity contribution in [2.75, 3.05) is 6.54 Å². The first-order valence-corrected chi connectivity index (χ1v) is 8.13. The monoisotopic (exact) mass is 333 g/mol. The van der Waals surface area contributed by atoms with E-state index in [1.165, 1.54) is 6.07 Å². The van der Waals surface area contributed by atoms with Crippen LogP contribution in [0.5, 0.6) is 5.75 Å². The standard InChI is InChI=1S/C18H23NO5/c1-9-5-16(22)24-18-10(2)17-13(7-15(9)18)6-14(23-17)8-19(11(3)20)12(4)21/h5,7,11-12,14,20-21H,6,8H2,1-4H3. The summed E-state index contributed by atoms with van der Waals surface area (Å²) < 4.78 is 11.4. The van der Waals surface area contributed by atoms with Crippen LogP contribution in [0.4, 0.5) is 0 Å². The summed E-state index contributed by atoms with van der Waals surface area (Å²) in [6.07, 6.45) is -1.03. The summed E-state index contributed by atoms with van der Waals surface area (Å²) in [5.74, 6) is 0.734. The fourth-order valence-corrected chi connectivity index (χ4v) is 3.38. The summed E-state index contributed by atoms with van der Waals surface area (Å²) in [7, 11) is 0. The molecule has 0 aliphatic carbocycles. The van der Waals surface area contributed by atoms with Crippen LogP contribution in [0.1, 0.15) is 30.5 Å². The third-order valence-electron chi connectivity index (χ3n) is 4.60. The van der Waals surface area contributed by atoms with Crippen LogP contribution in [0, 0.1) is 13.8 Å². The molecule has 3 atom stereocenters. The molecule has 6 heteroatoms. The smallest absolute Gasteiger partial charge is 0.336 e. The molecule has 0 amide bonds. The van der Waals surface area contributed by atoms with Crippen LogP contribution in [-0.4, -0.2) is 40.2 Å². The van der Waals surface area contributed by atoms with Gasteiger partial charge in [0.05, 0.1) is 0 Å². The third-order valence-corrected chi connectivity index (χ3v) is 4.60. The first-order valence-electron chi connectivity index (χ1n) is 8.13. The first kappa shape index (κ1) is 17.0. The number of fused-ring (bicyclic) bond motifs is 2. The van der Waals surface area contributed by atoms with Gasteiger partial charge in [0, 0.05) is 30.0 Å². The van der Waals surface area contributed by atoms with E-state index >= 15 is 0 Å². The van der Waals surface area contributed by atoms with Gasteiger partial charge in [-0.3, -0.25) is 0 Å². The van der Waals surface area contributed by atoms with Gasteiger partial charge in [-0.05, 0) is 44.9 Å². The Balaban J connectivity index is 1.95. The van der Waals surface area contributed by atoms with E-state index in [2.05, 4.69) is 0 Å². The molecule has 24 heavy (non-hydrogen) atoms. The van der Waals surface area contributed by atoms with Crippen molar-refractivity contribution >= 4 is 11.0 Å². The van der Waals surface area contributed by atoms with E-state index in [1.54, 1.807) is 18.7 Å². The number of hydrogen-bond donors (Lipinski definition) is 2. The highest BCUT2D eigenvalue weighted by Gasteiger charge is 2.30. The topological polar surface area (TPSA) is 83.1 Å². The van der Waals surface area contributed by atoms with E-state index in [-0.39, 0.29) is 11.7 Å². The van der Waals surface area contributed by atoms with Gasteiger partial charge in [0.1, 0.15) is 29.9 Å². The molecule has 1 aliphatic rings. The van der Waals surface area contributed by atoms with Crippen LogP contribution in [0.25, 0.3) is 11.0 Å². The Morgan fingerprint density at radius 2 is 1.92 bits per heavy atom. The Morgan fingerprint density at radius 3 is 2.54 bits per heavy atom. The summed E-state index contributed by atoms with van der Waals surface area (Å²) in [6, 6.07) is 3.50. The summed E-state index contributed by atoms with van der Waals surface area (Å²) in [6.45, 7) is 7.41. The molecule has 0 saturated heterocycles. The second-order valence-electron chi connectivity index (χ2n) is 6.52. The SMILES string of the molecule is Cc1cc(=O)oc2c(C)c3c(cc12)CC(CN(C(C)O)C(C)O)O3. The lowest BCUT2D eigenvalue weighted by atomic mass is 10.0. The Hall–Kier alpha value is -1.89. The average molecular weight is 333 g/mol. The van der Waals surface area contributed by atoms with Gasteiger partial charge in [-0.15, -0.1) is 0 Å². The number of aliphatic hydroxyl groups excluding tert-OH is 2. The predicted octanol–water partition coefficient (Wildman–Crippen LogP) is 1.69. The number of hydrogen-bond acceptors (Lipinski definition) is 6. The molecule has 0 spiro atoms. The molecule has 2 aromatic rings. The van der Waals surface area contributed by atoms with E-state index in [9.17, 15) is 15.0 Å². The van der Waals surface area contributed by atoms with Crippen molar-refractivity contribution in [2.24, 2.45) is 0 Å². The average Bonchev–Trinajstić information content (AvgIpc) is 2.89. The Labute approximate surface area is 140 Å². The predicted molar refractivity (Wildman–Crippen MR) is 90.1 cm³/mol. The van der Waals surface area contributed by atoms with Gasteiger partial charge in [0.2, 0.25) is 0 Å². The molecule has 2 N–H and O–H groups in total. The second kappa shape index (κ2) is 6.20. The molecular weight excluding hydrogens is 310 g/mol. The number of benzene rings is 1. The summed E-state index contributed by atoms with van der Waals surface area (Å²) in [4.78, 5) is 13.2. The molecular formula is C18H23NO5. The highest BCUT2D eigenvalue weighted by Crippen LogP contribution is 2.38.